The molecule has 4 nitrogen and oxygen atoms in total. The van der Waals surface area contributed by atoms with Crippen molar-refractivity contribution in [3.05, 3.63) is 23.3 Å². The Labute approximate surface area is 166 Å². The molecule has 0 bridgehead atoms. The van der Waals surface area contributed by atoms with Crippen LogP contribution in [0.25, 0.3) is 0 Å². The van der Waals surface area contributed by atoms with Gasteiger partial charge in [0.1, 0.15) is 11.4 Å². The van der Waals surface area contributed by atoms with E-state index in [0.29, 0.717) is 24.7 Å². The first-order valence-electron chi connectivity index (χ1n) is 10.2. The lowest BCUT2D eigenvalue weighted by molar-refractivity contribution is -0.142. The molecule has 0 aliphatic carbocycles. The van der Waals surface area contributed by atoms with Crippen molar-refractivity contribution < 1.29 is 14.3 Å². The van der Waals surface area contributed by atoms with Crippen LogP contribution in [0.3, 0.4) is 0 Å². The number of nitrogens with one attached hydrogen (secondary N) is 1. The van der Waals surface area contributed by atoms with E-state index in [0.717, 1.165) is 29.0 Å². The number of carbonyl (C=O) groups excluding carboxylic acids is 1. The molecule has 0 aliphatic rings. The van der Waals surface area contributed by atoms with E-state index in [1.165, 1.54) is 0 Å². The molecule has 1 rings (SSSR count). The normalized spacial score (nSPS) is 13.1. The van der Waals surface area contributed by atoms with Crippen molar-refractivity contribution in [2.75, 3.05) is 12.4 Å². The molecule has 0 fully saturated rings. The Bertz CT molecular complexity index is 589. The molecule has 0 radical (unpaired) electrons. The van der Waals surface area contributed by atoms with Gasteiger partial charge in [0.2, 0.25) is 0 Å². The smallest absolute Gasteiger partial charge is 0.256 e. The molecule has 1 amide bonds. The van der Waals surface area contributed by atoms with E-state index < -0.39 is 5.60 Å². The van der Waals surface area contributed by atoms with Gasteiger partial charge in [-0.05, 0) is 75.1 Å². The Morgan fingerprint density at radius 2 is 1.52 bits per heavy atom. The first-order chi connectivity index (χ1) is 12.5. The molecule has 154 valence electrons. The number of carbonyl (C=O) groups is 1. The van der Waals surface area contributed by atoms with Crippen molar-refractivity contribution in [2.24, 2.45) is 11.8 Å². The van der Waals surface area contributed by atoms with Gasteiger partial charge in [-0.2, -0.15) is 0 Å². The molecule has 4 heteroatoms. The fourth-order valence-corrected chi connectivity index (χ4v) is 3.58. The minimum Gasteiger partial charge on any atom is -0.490 e. The predicted molar refractivity (Wildman–Crippen MR) is 114 cm³/mol. The topological polar surface area (TPSA) is 47.6 Å². The molecular weight excluding hydrogens is 338 g/mol. The summed E-state index contributed by atoms with van der Waals surface area (Å²) in [7, 11) is 1.64. The Balaban J connectivity index is 3.11. The molecule has 0 unspecified atom stereocenters. The third-order valence-electron chi connectivity index (χ3n) is 4.89. The third kappa shape index (κ3) is 6.53. The summed E-state index contributed by atoms with van der Waals surface area (Å²) in [5.41, 5.74) is 2.04. The summed E-state index contributed by atoms with van der Waals surface area (Å²) >= 11 is 0. The summed E-state index contributed by atoms with van der Waals surface area (Å²) in [4.78, 5) is 13.2. The largest absolute Gasteiger partial charge is 0.490 e. The molecule has 1 atom stereocenters. The predicted octanol–water partition coefficient (Wildman–Crippen LogP) is 5.90. The number of amides is 1. The second-order valence-electron chi connectivity index (χ2n) is 8.62. The van der Waals surface area contributed by atoms with Gasteiger partial charge in [0, 0.05) is 12.8 Å². The van der Waals surface area contributed by atoms with E-state index in [1.54, 1.807) is 7.11 Å². The quantitative estimate of drug-likeness (QED) is 0.552. The molecule has 0 aliphatic heterocycles. The highest BCUT2D eigenvalue weighted by atomic mass is 16.5. The lowest BCUT2D eigenvalue weighted by Gasteiger charge is -2.34. The van der Waals surface area contributed by atoms with E-state index in [4.69, 9.17) is 9.47 Å². The van der Waals surface area contributed by atoms with E-state index in [2.05, 4.69) is 46.9 Å². The number of methoxy groups -OCH3 is 1. The summed E-state index contributed by atoms with van der Waals surface area (Å²) in [6.07, 6.45) is 2.51. The molecule has 0 spiro atoms. The summed E-state index contributed by atoms with van der Waals surface area (Å²) in [6, 6.07) is 3.96. The highest BCUT2D eigenvalue weighted by Crippen LogP contribution is 2.32. The number of hydrogen-bond acceptors (Lipinski definition) is 3. The SMILES string of the molecule is CC[C@H](C)Oc1c(C)cc(NC(=O)C(CC(C)C)(CC(C)C)OC)cc1C. The highest BCUT2D eigenvalue weighted by molar-refractivity contribution is 5.97. The zero-order chi connectivity index (χ0) is 20.8. The van der Waals surface area contributed by atoms with Crippen LogP contribution in [0.5, 0.6) is 5.75 Å². The van der Waals surface area contributed by atoms with Gasteiger partial charge < -0.3 is 14.8 Å². The van der Waals surface area contributed by atoms with Crippen LogP contribution in [0.2, 0.25) is 0 Å². The highest BCUT2D eigenvalue weighted by Gasteiger charge is 2.39. The van der Waals surface area contributed by atoms with Gasteiger partial charge in [-0.15, -0.1) is 0 Å². The van der Waals surface area contributed by atoms with Crippen LogP contribution >= 0.6 is 0 Å². The number of rotatable bonds is 10. The van der Waals surface area contributed by atoms with Gasteiger partial charge >= 0.3 is 0 Å². The van der Waals surface area contributed by atoms with Crippen molar-refractivity contribution in [1.82, 2.24) is 0 Å². The average Bonchev–Trinajstić information content (AvgIpc) is 2.56. The van der Waals surface area contributed by atoms with Crippen molar-refractivity contribution >= 4 is 11.6 Å². The zero-order valence-corrected chi connectivity index (χ0v) is 18.7. The summed E-state index contributed by atoms with van der Waals surface area (Å²) in [6.45, 7) is 16.7. The molecule has 1 aromatic carbocycles. The standard InChI is InChI=1S/C23H39NO3/c1-10-19(8)27-21-17(6)11-20(12-18(21)7)24-22(25)23(26-9,13-15(2)3)14-16(4)5/h11-12,15-16,19H,10,13-14H2,1-9H3,(H,24,25)/t19-/m0/s1. The first-order valence-corrected chi connectivity index (χ1v) is 10.2. The molecular formula is C23H39NO3. The molecule has 0 saturated carbocycles. The fraction of sp³-hybridized carbons (Fsp3) is 0.696. The zero-order valence-electron chi connectivity index (χ0n) is 18.7. The third-order valence-corrected chi connectivity index (χ3v) is 4.89. The van der Waals surface area contributed by atoms with Crippen LogP contribution in [0.15, 0.2) is 12.1 Å². The Hall–Kier alpha value is -1.55. The van der Waals surface area contributed by atoms with Gasteiger partial charge in [0.25, 0.3) is 5.91 Å². The second-order valence-corrected chi connectivity index (χ2v) is 8.62. The molecule has 27 heavy (non-hydrogen) atoms. The molecule has 0 saturated heterocycles. The molecule has 0 aromatic heterocycles. The van der Waals surface area contributed by atoms with Crippen LogP contribution in [-0.2, 0) is 9.53 Å². The monoisotopic (exact) mass is 377 g/mol. The number of aryl methyl sites for hydroxylation is 2. The minimum absolute atomic E-state index is 0.0678. The molecule has 0 heterocycles. The van der Waals surface area contributed by atoms with Crippen LogP contribution in [0.4, 0.5) is 5.69 Å². The van der Waals surface area contributed by atoms with Crippen molar-refractivity contribution in [3.8, 4) is 5.75 Å². The van der Waals surface area contributed by atoms with Gasteiger partial charge in [-0.3, -0.25) is 4.79 Å². The number of benzene rings is 1. The van der Waals surface area contributed by atoms with Gasteiger partial charge in [-0.1, -0.05) is 34.6 Å². The van der Waals surface area contributed by atoms with Gasteiger partial charge in [0.05, 0.1) is 6.10 Å². The van der Waals surface area contributed by atoms with E-state index in [1.807, 2.05) is 26.0 Å². The molecule has 1 N–H and O–H groups in total. The van der Waals surface area contributed by atoms with E-state index in [-0.39, 0.29) is 12.0 Å². The lowest BCUT2D eigenvalue weighted by atomic mass is 9.84. The maximum atomic E-state index is 13.2. The fourth-order valence-electron chi connectivity index (χ4n) is 3.58. The Morgan fingerprint density at radius 3 is 1.89 bits per heavy atom. The van der Waals surface area contributed by atoms with Crippen LogP contribution in [0.1, 0.15) is 71.9 Å². The second kappa shape index (κ2) is 10.1. The number of anilines is 1. The average molecular weight is 378 g/mol. The van der Waals surface area contributed by atoms with E-state index >= 15 is 0 Å². The lowest BCUT2D eigenvalue weighted by Crippen LogP contribution is -2.47. The first kappa shape index (κ1) is 23.5. The Kier molecular flexibility index (Phi) is 8.80. The maximum Gasteiger partial charge on any atom is 0.256 e. The van der Waals surface area contributed by atoms with Crippen LogP contribution < -0.4 is 10.1 Å². The summed E-state index contributed by atoms with van der Waals surface area (Å²) in [5.74, 6) is 1.57. The number of ether oxygens (including phenoxy) is 2. The minimum atomic E-state index is -0.809. The van der Waals surface area contributed by atoms with Crippen LogP contribution in [0, 0.1) is 25.7 Å². The van der Waals surface area contributed by atoms with Crippen molar-refractivity contribution in [2.45, 2.75) is 86.4 Å². The summed E-state index contributed by atoms with van der Waals surface area (Å²) in [5, 5.41) is 3.10. The van der Waals surface area contributed by atoms with Crippen LogP contribution in [-0.4, -0.2) is 24.7 Å². The van der Waals surface area contributed by atoms with Gasteiger partial charge in [0.15, 0.2) is 0 Å². The van der Waals surface area contributed by atoms with Gasteiger partial charge in [-0.25, -0.2) is 0 Å². The van der Waals surface area contributed by atoms with Crippen molar-refractivity contribution in [1.29, 1.82) is 0 Å². The summed E-state index contributed by atoms with van der Waals surface area (Å²) < 4.78 is 11.8. The van der Waals surface area contributed by atoms with E-state index in [9.17, 15) is 4.79 Å². The maximum absolute atomic E-state index is 13.2. The number of hydrogen-bond donors (Lipinski definition) is 1. The molecule has 1 aromatic rings. The van der Waals surface area contributed by atoms with Crippen molar-refractivity contribution in [3.63, 3.8) is 0 Å². The Morgan fingerprint density at radius 1 is 1.04 bits per heavy atom.